The van der Waals surface area contributed by atoms with Gasteiger partial charge in [-0.25, -0.2) is 4.39 Å². The first-order valence-electron chi connectivity index (χ1n) is 5.49. The number of rotatable bonds is 3. The Balaban J connectivity index is 2.51. The van der Waals surface area contributed by atoms with Gasteiger partial charge in [0.2, 0.25) is 0 Å². The van der Waals surface area contributed by atoms with Gasteiger partial charge in [0.05, 0.1) is 7.11 Å². The average molecular weight is 346 g/mol. The van der Waals surface area contributed by atoms with Gasteiger partial charge in [0, 0.05) is 20.6 Å². The van der Waals surface area contributed by atoms with Crippen LogP contribution in [0.5, 0.6) is 5.75 Å². The van der Waals surface area contributed by atoms with Crippen molar-refractivity contribution in [2.75, 3.05) is 7.11 Å². The molecule has 0 saturated carbocycles. The molecule has 0 fully saturated rings. The number of hydrogen-bond donors (Lipinski definition) is 1. The number of hydrogen-bond acceptors (Lipinski definition) is 2. The molecule has 2 nitrogen and oxygen atoms in total. The molecule has 0 radical (unpaired) electrons. The first-order chi connectivity index (χ1) is 9.02. The molecule has 0 aliphatic carbocycles. The maximum atomic E-state index is 13.8. The summed E-state index contributed by atoms with van der Waals surface area (Å²) in [6, 6.07) is 9.23. The number of aliphatic hydroxyl groups excluding tert-OH is 1. The maximum Gasteiger partial charge on any atom is 0.129 e. The first-order valence-corrected chi connectivity index (χ1v) is 6.66. The maximum absolute atomic E-state index is 13.8. The Kier molecular flexibility index (Phi) is 4.45. The summed E-state index contributed by atoms with van der Waals surface area (Å²) in [5, 5.41) is 10.7. The summed E-state index contributed by atoms with van der Waals surface area (Å²) in [6.45, 7) is 0. The summed E-state index contributed by atoms with van der Waals surface area (Å²) in [5.74, 6) is -0.0333. The lowest BCUT2D eigenvalue weighted by Crippen LogP contribution is -2.05. The van der Waals surface area contributed by atoms with Gasteiger partial charge in [-0.1, -0.05) is 27.5 Å². The highest BCUT2D eigenvalue weighted by Gasteiger charge is 2.19. The molecule has 1 unspecified atom stereocenters. The minimum atomic E-state index is -1.15. The second-order valence-corrected chi connectivity index (χ2v) is 5.31. The molecule has 5 heteroatoms. The predicted octanol–water partition coefficient (Wildman–Crippen LogP) is 4.33. The fourth-order valence-corrected chi connectivity index (χ4v) is 2.37. The van der Waals surface area contributed by atoms with E-state index in [2.05, 4.69) is 15.9 Å². The van der Waals surface area contributed by atoms with Gasteiger partial charge in [0.25, 0.3) is 0 Å². The molecule has 19 heavy (non-hydrogen) atoms. The lowest BCUT2D eigenvalue weighted by molar-refractivity contribution is 0.209. The molecule has 0 bridgehead atoms. The molecule has 0 aliphatic rings. The fourth-order valence-electron chi connectivity index (χ4n) is 1.81. The van der Waals surface area contributed by atoms with E-state index < -0.39 is 11.9 Å². The van der Waals surface area contributed by atoms with Crippen LogP contribution < -0.4 is 4.74 Å². The van der Waals surface area contributed by atoms with Gasteiger partial charge in [-0.15, -0.1) is 0 Å². The van der Waals surface area contributed by atoms with Gasteiger partial charge in [-0.05, 0) is 36.4 Å². The van der Waals surface area contributed by atoms with Gasteiger partial charge in [-0.2, -0.15) is 0 Å². The molecule has 0 spiro atoms. The monoisotopic (exact) mass is 344 g/mol. The Bertz CT molecular complexity index is 604. The zero-order valence-corrected chi connectivity index (χ0v) is 12.4. The Morgan fingerprint density at radius 1 is 1.21 bits per heavy atom. The van der Waals surface area contributed by atoms with Crippen LogP contribution >= 0.6 is 27.5 Å². The van der Waals surface area contributed by atoms with Gasteiger partial charge < -0.3 is 9.84 Å². The summed E-state index contributed by atoms with van der Waals surface area (Å²) < 4.78 is 19.7. The van der Waals surface area contributed by atoms with E-state index >= 15 is 0 Å². The first kappa shape index (κ1) is 14.3. The zero-order valence-electron chi connectivity index (χ0n) is 10.0. The van der Waals surface area contributed by atoms with Crippen molar-refractivity contribution in [1.29, 1.82) is 0 Å². The van der Waals surface area contributed by atoms with E-state index in [1.165, 1.54) is 25.3 Å². The molecular formula is C14H11BrClFO2. The molecule has 2 rings (SSSR count). The van der Waals surface area contributed by atoms with Crippen LogP contribution in [0.1, 0.15) is 17.2 Å². The second-order valence-electron chi connectivity index (χ2n) is 3.95. The minimum absolute atomic E-state index is 0.115. The van der Waals surface area contributed by atoms with E-state index in [9.17, 15) is 9.50 Å². The van der Waals surface area contributed by atoms with Crippen LogP contribution in [0.25, 0.3) is 0 Å². The van der Waals surface area contributed by atoms with Crippen LogP contribution in [0.3, 0.4) is 0 Å². The van der Waals surface area contributed by atoms with Crippen LogP contribution in [0, 0.1) is 5.82 Å². The fraction of sp³-hybridized carbons (Fsp3) is 0.143. The van der Waals surface area contributed by atoms with Crippen molar-refractivity contribution in [2.45, 2.75) is 6.10 Å². The van der Waals surface area contributed by atoms with E-state index in [-0.39, 0.29) is 5.56 Å². The molecular weight excluding hydrogens is 335 g/mol. The molecule has 1 N–H and O–H groups in total. The summed E-state index contributed by atoms with van der Waals surface area (Å²) in [7, 11) is 1.49. The molecule has 100 valence electrons. The Labute approximate surface area is 123 Å². The number of methoxy groups -OCH3 is 1. The van der Waals surface area contributed by atoms with Crippen LogP contribution in [-0.2, 0) is 0 Å². The molecule has 0 aromatic heterocycles. The molecule has 0 amide bonds. The molecule has 0 heterocycles. The lowest BCUT2D eigenvalue weighted by Gasteiger charge is -2.16. The van der Waals surface area contributed by atoms with E-state index in [1.807, 2.05) is 0 Å². The largest absolute Gasteiger partial charge is 0.496 e. The highest BCUT2D eigenvalue weighted by Crippen LogP contribution is 2.34. The van der Waals surface area contributed by atoms with Crippen LogP contribution in [0.2, 0.25) is 5.02 Å². The van der Waals surface area contributed by atoms with Gasteiger partial charge >= 0.3 is 0 Å². The van der Waals surface area contributed by atoms with Crippen LogP contribution in [0.4, 0.5) is 4.39 Å². The predicted molar refractivity (Wildman–Crippen MR) is 76.2 cm³/mol. The average Bonchev–Trinajstić information content (AvgIpc) is 2.40. The van der Waals surface area contributed by atoms with Crippen LogP contribution in [0.15, 0.2) is 40.9 Å². The Morgan fingerprint density at radius 2 is 1.95 bits per heavy atom. The lowest BCUT2D eigenvalue weighted by atomic mass is 10.0. The molecule has 2 aromatic rings. The molecule has 2 aromatic carbocycles. The number of halogens is 3. The molecule has 1 atom stereocenters. The van der Waals surface area contributed by atoms with Crippen molar-refractivity contribution in [3.8, 4) is 5.75 Å². The topological polar surface area (TPSA) is 29.5 Å². The number of benzene rings is 2. The van der Waals surface area contributed by atoms with Crippen molar-refractivity contribution >= 4 is 27.5 Å². The van der Waals surface area contributed by atoms with E-state index in [4.69, 9.17) is 16.3 Å². The van der Waals surface area contributed by atoms with Crippen molar-refractivity contribution in [3.05, 3.63) is 62.8 Å². The van der Waals surface area contributed by atoms with Gasteiger partial charge in [0.15, 0.2) is 0 Å². The van der Waals surface area contributed by atoms with E-state index in [0.29, 0.717) is 16.3 Å². The van der Waals surface area contributed by atoms with Crippen molar-refractivity contribution in [1.82, 2.24) is 0 Å². The highest BCUT2D eigenvalue weighted by atomic mass is 79.9. The third-order valence-corrected chi connectivity index (χ3v) is 3.47. The van der Waals surface area contributed by atoms with Crippen molar-refractivity contribution in [3.63, 3.8) is 0 Å². The smallest absolute Gasteiger partial charge is 0.129 e. The standard InChI is InChI=1S/C14H11BrClFO2/c1-19-13-5-2-8(15)6-11(13)14(18)10-7-9(16)3-4-12(10)17/h2-7,14,18H,1H3. The summed E-state index contributed by atoms with van der Waals surface area (Å²) in [5.41, 5.74) is 0.585. The summed E-state index contributed by atoms with van der Waals surface area (Å²) >= 11 is 9.15. The second kappa shape index (κ2) is 5.90. The number of ether oxygens (including phenoxy) is 1. The van der Waals surface area contributed by atoms with E-state index in [1.54, 1.807) is 18.2 Å². The Hall–Kier alpha value is -1.10. The van der Waals surface area contributed by atoms with Gasteiger partial charge in [-0.3, -0.25) is 0 Å². The third kappa shape index (κ3) is 3.08. The number of aliphatic hydroxyl groups is 1. The molecule has 0 aliphatic heterocycles. The SMILES string of the molecule is COc1ccc(Br)cc1C(O)c1cc(Cl)ccc1F. The quantitative estimate of drug-likeness (QED) is 0.897. The normalized spacial score (nSPS) is 12.3. The highest BCUT2D eigenvalue weighted by molar-refractivity contribution is 9.10. The minimum Gasteiger partial charge on any atom is -0.496 e. The van der Waals surface area contributed by atoms with Crippen LogP contribution in [-0.4, -0.2) is 12.2 Å². The zero-order chi connectivity index (χ0) is 14.0. The summed E-state index contributed by atoms with van der Waals surface area (Å²) in [6.07, 6.45) is -1.15. The Morgan fingerprint density at radius 3 is 2.63 bits per heavy atom. The van der Waals surface area contributed by atoms with Crippen molar-refractivity contribution < 1.29 is 14.2 Å². The summed E-state index contributed by atoms with van der Waals surface area (Å²) in [4.78, 5) is 0. The van der Waals surface area contributed by atoms with Gasteiger partial charge in [0.1, 0.15) is 17.7 Å². The van der Waals surface area contributed by atoms with Crippen molar-refractivity contribution in [2.24, 2.45) is 0 Å². The van der Waals surface area contributed by atoms with E-state index in [0.717, 1.165) is 4.47 Å². The molecule has 0 saturated heterocycles. The third-order valence-electron chi connectivity index (χ3n) is 2.74.